The van der Waals surface area contributed by atoms with Crippen LogP contribution in [-0.2, 0) is 13.0 Å². The number of amides is 1. The van der Waals surface area contributed by atoms with Crippen LogP contribution in [0.5, 0.6) is 0 Å². The summed E-state index contributed by atoms with van der Waals surface area (Å²) in [5.41, 5.74) is 1.16. The molecule has 0 aliphatic carbocycles. The molecule has 1 unspecified atom stereocenters. The number of carbonyl (C=O) groups is 1. The summed E-state index contributed by atoms with van der Waals surface area (Å²) in [5.74, 6) is -0.284. The van der Waals surface area contributed by atoms with Crippen LogP contribution in [0.4, 0.5) is 19.1 Å². The van der Waals surface area contributed by atoms with Crippen molar-refractivity contribution in [1.29, 1.82) is 0 Å². The molecule has 1 N–H and O–H groups in total. The Morgan fingerprint density at radius 1 is 1.11 bits per heavy atom. The number of carbonyl (C=O) groups excluding carboxylic acids is 1. The highest BCUT2D eigenvalue weighted by Crippen LogP contribution is 2.30. The van der Waals surface area contributed by atoms with Gasteiger partial charge >= 0.3 is 6.18 Å². The topological polar surface area (TPSA) is 76.5 Å². The van der Waals surface area contributed by atoms with Crippen molar-refractivity contribution in [3.8, 4) is 0 Å². The Morgan fingerprint density at radius 2 is 1.73 bits per heavy atom. The average molecular weight is 555 g/mol. The van der Waals surface area contributed by atoms with Crippen molar-refractivity contribution in [2.75, 3.05) is 19.0 Å². The Bertz CT molecular complexity index is 1330. The second-order valence-electron chi connectivity index (χ2n) is 8.53. The van der Waals surface area contributed by atoms with Gasteiger partial charge in [0.2, 0.25) is 5.95 Å². The number of nitrogens with zero attached hydrogens (tertiary/aromatic N) is 3. The first-order valence-electron chi connectivity index (χ1n) is 11.4. The van der Waals surface area contributed by atoms with E-state index < -0.39 is 24.2 Å². The molecule has 1 aromatic heterocycles. The maximum atomic E-state index is 13.3. The third-order valence-electron chi connectivity index (χ3n) is 6.04. The third kappa shape index (κ3) is 6.37. The minimum atomic E-state index is -4.36. The summed E-state index contributed by atoms with van der Waals surface area (Å²) in [4.78, 5) is 37.5. The van der Waals surface area contributed by atoms with Crippen molar-refractivity contribution >= 4 is 35.1 Å². The monoisotopic (exact) mass is 554 g/mol. The van der Waals surface area contributed by atoms with Crippen LogP contribution in [0.3, 0.4) is 0 Å². The van der Waals surface area contributed by atoms with E-state index in [9.17, 15) is 22.8 Å². The van der Waals surface area contributed by atoms with Crippen molar-refractivity contribution in [1.82, 2.24) is 14.6 Å². The van der Waals surface area contributed by atoms with E-state index in [1.54, 1.807) is 48.5 Å². The van der Waals surface area contributed by atoms with Crippen molar-refractivity contribution < 1.29 is 22.8 Å². The van der Waals surface area contributed by atoms with Gasteiger partial charge in [0, 0.05) is 35.0 Å². The van der Waals surface area contributed by atoms with Gasteiger partial charge in [-0.05, 0) is 48.4 Å². The fourth-order valence-corrected chi connectivity index (χ4v) is 4.40. The Kier molecular flexibility index (Phi) is 7.99. The Hall–Kier alpha value is -3.24. The summed E-state index contributed by atoms with van der Waals surface area (Å²) >= 11 is 11.8. The number of benzene rings is 2. The zero-order valence-electron chi connectivity index (χ0n) is 19.7. The number of rotatable bonds is 7. The third-order valence-corrected chi connectivity index (χ3v) is 6.55. The summed E-state index contributed by atoms with van der Waals surface area (Å²) in [6.45, 7) is 0.326. The van der Waals surface area contributed by atoms with Crippen molar-refractivity contribution in [3.05, 3.63) is 91.3 Å². The van der Waals surface area contributed by atoms with Crippen LogP contribution in [-0.4, -0.2) is 40.4 Å². The minimum Gasteiger partial charge on any atom is -0.411 e. The van der Waals surface area contributed by atoms with Crippen molar-refractivity contribution in [2.24, 2.45) is 0 Å². The second kappa shape index (κ2) is 11.0. The van der Waals surface area contributed by atoms with Gasteiger partial charge < -0.3 is 15.1 Å². The van der Waals surface area contributed by atoms with Crippen molar-refractivity contribution in [2.45, 2.75) is 38.0 Å². The number of hydrogen-bond donors (Lipinski definition) is 1. The molecule has 0 radical (unpaired) electrons. The molecule has 3 aromatic rings. The molecule has 1 amide bonds. The van der Waals surface area contributed by atoms with E-state index in [0.717, 1.165) is 4.73 Å². The normalized spacial score (nSPS) is 14.2. The fraction of sp³-hybridized carbons (Fsp3) is 0.320. The van der Waals surface area contributed by atoms with Gasteiger partial charge in [-0.3, -0.25) is 9.59 Å². The summed E-state index contributed by atoms with van der Waals surface area (Å²) in [6.07, 6.45) is -5.42. The minimum absolute atomic E-state index is 0.0148. The van der Waals surface area contributed by atoms with Gasteiger partial charge in [0.05, 0.1) is 23.8 Å². The molecule has 12 heteroatoms. The second-order valence-corrected chi connectivity index (χ2v) is 9.40. The average Bonchev–Trinajstić information content (AvgIpc) is 2.86. The number of hydrogen-bond acceptors (Lipinski definition) is 5. The molecule has 2 heterocycles. The highest BCUT2D eigenvalue weighted by atomic mass is 35.5. The number of anilines is 1. The summed E-state index contributed by atoms with van der Waals surface area (Å²) in [5, 5.41) is 3.89. The first-order valence-corrected chi connectivity index (χ1v) is 12.1. The van der Waals surface area contributed by atoms with Crippen LogP contribution in [0.25, 0.3) is 0 Å². The molecular formula is C25H23Cl2F3N4O3. The van der Waals surface area contributed by atoms with Gasteiger partial charge in [-0.2, -0.15) is 13.2 Å². The zero-order chi connectivity index (χ0) is 26.7. The molecule has 1 aliphatic rings. The lowest BCUT2D eigenvalue weighted by Crippen LogP contribution is -2.42. The quantitative estimate of drug-likeness (QED) is 0.428. The lowest BCUT2D eigenvalue weighted by Gasteiger charge is -2.29. The molecule has 1 atom stereocenters. The predicted octanol–water partition coefficient (Wildman–Crippen LogP) is 5.30. The van der Waals surface area contributed by atoms with E-state index in [1.807, 2.05) is 0 Å². The first-order chi connectivity index (χ1) is 17.6. The molecule has 1 aliphatic heterocycles. The predicted molar refractivity (Wildman–Crippen MR) is 134 cm³/mol. The number of fused-ring (bicyclic) bond motifs is 1. The van der Waals surface area contributed by atoms with Gasteiger partial charge in [-0.25, -0.2) is 4.98 Å². The molecular weight excluding hydrogens is 532 g/mol. The van der Waals surface area contributed by atoms with Gasteiger partial charge in [-0.1, -0.05) is 35.3 Å². The molecule has 0 saturated carbocycles. The van der Waals surface area contributed by atoms with E-state index in [1.165, 1.54) is 12.0 Å². The smallest absolute Gasteiger partial charge is 0.389 e. The van der Waals surface area contributed by atoms with Gasteiger partial charge in [0.1, 0.15) is 7.11 Å². The summed E-state index contributed by atoms with van der Waals surface area (Å²) in [6, 6.07) is 12.0. The maximum absolute atomic E-state index is 13.3. The number of aromatic nitrogens is 2. The van der Waals surface area contributed by atoms with E-state index in [0.29, 0.717) is 33.4 Å². The Morgan fingerprint density at radius 3 is 2.32 bits per heavy atom. The summed E-state index contributed by atoms with van der Waals surface area (Å²) < 4.78 is 40.0. The van der Waals surface area contributed by atoms with Gasteiger partial charge in [0.15, 0.2) is 0 Å². The molecule has 196 valence electrons. The lowest BCUT2D eigenvalue weighted by atomic mass is 10.0. The largest absolute Gasteiger partial charge is 0.411 e. The first kappa shape index (κ1) is 26.8. The van der Waals surface area contributed by atoms with Crippen LogP contribution < -0.4 is 15.7 Å². The molecule has 0 bridgehead atoms. The Balaban J connectivity index is 1.63. The zero-order valence-corrected chi connectivity index (χ0v) is 21.2. The maximum Gasteiger partial charge on any atom is 0.389 e. The fourth-order valence-electron chi connectivity index (χ4n) is 4.15. The molecule has 0 saturated heterocycles. The van der Waals surface area contributed by atoms with E-state index >= 15 is 0 Å². The molecule has 37 heavy (non-hydrogen) atoms. The molecule has 0 spiro atoms. The lowest BCUT2D eigenvalue weighted by molar-refractivity contribution is -0.136. The molecule has 0 fully saturated rings. The van der Waals surface area contributed by atoms with E-state index in [4.69, 9.17) is 28.0 Å². The summed E-state index contributed by atoms with van der Waals surface area (Å²) in [7, 11) is 1.26. The number of halogens is 5. The highest BCUT2D eigenvalue weighted by Gasteiger charge is 2.31. The standard InChI is InChI=1S/C25H23Cl2F3N4O3/c1-37-34-23(36)19-14-33(22(35)16-4-8-18(27)9-5-16)13-11-21(19)32-24(34)31-20(10-12-25(28,29)30)15-2-6-17(26)7-3-15/h2-9,20H,10-14H2,1H3,(H,31,32). The number of alkyl halides is 3. The van der Waals surface area contributed by atoms with Crippen molar-refractivity contribution in [3.63, 3.8) is 0 Å². The molecule has 7 nitrogen and oxygen atoms in total. The van der Waals surface area contributed by atoms with Crippen LogP contribution >= 0.6 is 23.2 Å². The van der Waals surface area contributed by atoms with E-state index in [-0.39, 0.29) is 36.8 Å². The van der Waals surface area contributed by atoms with Crippen LogP contribution in [0, 0.1) is 0 Å². The van der Waals surface area contributed by atoms with Gasteiger partial charge in [-0.15, -0.1) is 4.73 Å². The van der Waals surface area contributed by atoms with Crippen LogP contribution in [0.1, 0.15) is 46.1 Å². The molecule has 2 aromatic carbocycles. The number of nitrogens with one attached hydrogen (secondary N) is 1. The SMILES string of the molecule is COn1c(NC(CCC(F)(F)F)c2ccc(Cl)cc2)nc2c(c1=O)CN(C(=O)c1ccc(Cl)cc1)CC2. The van der Waals surface area contributed by atoms with Gasteiger partial charge in [0.25, 0.3) is 11.5 Å². The highest BCUT2D eigenvalue weighted by molar-refractivity contribution is 6.30. The Labute approximate surface area is 220 Å². The van der Waals surface area contributed by atoms with E-state index in [2.05, 4.69) is 10.3 Å². The van der Waals surface area contributed by atoms with Crippen LogP contribution in [0.15, 0.2) is 53.3 Å². The molecule has 4 rings (SSSR count). The van der Waals surface area contributed by atoms with Crippen LogP contribution in [0.2, 0.25) is 10.0 Å².